The Morgan fingerprint density at radius 3 is 1.53 bits per heavy atom. The van der Waals surface area contributed by atoms with Crippen molar-refractivity contribution in [1.82, 2.24) is 0 Å². The largest absolute Gasteiger partial charge is 0.293 e. The Hall–Kier alpha value is -0.590. The summed E-state index contributed by atoms with van der Waals surface area (Å²) in [5, 5.41) is 0. The summed E-state index contributed by atoms with van der Waals surface area (Å²) in [4.78, 5) is 4.26. The summed E-state index contributed by atoms with van der Waals surface area (Å²) in [6.07, 6.45) is 0. The summed E-state index contributed by atoms with van der Waals surface area (Å²) < 4.78 is 0. The van der Waals surface area contributed by atoms with Crippen molar-refractivity contribution in [3.8, 4) is 0 Å². The second-order valence-corrected chi connectivity index (χ2v) is 5.93. The molecular weight excluding hydrogens is 182 g/mol. The summed E-state index contributed by atoms with van der Waals surface area (Å²) in [5.74, 6) is 0. The zero-order chi connectivity index (χ0) is 12.4. The third-order valence-corrected chi connectivity index (χ3v) is 4.25. The van der Waals surface area contributed by atoms with E-state index in [1.54, 1.807) is 0 Å². The predicted molar refractivity (Wildman–Crippen MR) is 70.6 cm³/mol. The van der Waals surface area contributed by atoms with Crippen LogP contribution in [-0.2, 0) is 0 Å². The van der Waals surface area contributed by atoms with E-state index in [1.165, 1.54) is 11.1 Å². The molecule has 0 saturated carbocycles. The molecule has 0 aromatic carbocycles. The number of nitrogens with zero attached hydrogens (tertiary/aromatic N) is 1. The number of rotatable bonds is 2. The molecule has 0 atom stereocenters. The molecule has 0 aliphatic rings. The van der Waals surface area contributed by atoms with Gasteiger partial charge in [0.15, 0.2) is 0 Å². The first-order chi connectivity index (χ1) is 6.55. The van der Waals surface area contributed by atoms with Crippen LogP contribution in [0.4, 0.5) is 0 Å². The van der Waals surface area contributed by atoms with E-state index in [0.29, 0.717) is 0 Å². The fourth-order valence-corrected chi connectivity index (χ4v) is 1.47. The van der Waals surface area contributed by atoms with Crippen LogP contribution in [0.25, 0.3) is 0 Å². The smallest absolute Gasteiger partial charge is 0.0342 e. The molecule has 0 amide bonds. The van der Waals surface area contributed by atoms with Crippen molar-refractivity contribution in [2.45, 2.75) is 55.4 Å². The zero-order valence-corrected chi connectivity index (χ0v) is 11.9. The Balaban J connectivity index is 5.43. The lowest BCUT2D eigenvalue weighted by Crippen LogP contribution is -2.31. The summed E-state index contributed by atoms with van der Waals surface area (Å²) in [7, 11) is 1.86. The van der Waals surface area contributed by atoms with Gasteiger partial charge >= 0.3 is 0 Å². The molecule has 0 aliphatic carbocycles. The average Bonchev–Trinajstić information content (AvgIpc) is 2.12. The maximum Gasteiger partial charge on any atom is 0.0342 e. The minimum atomic E-state index is 0.197. The van der Waals surface area contributed by atoms with E-state index in [2.05, 4.69) is 60.4 Å². The molecule has 1 nitrogen and oxygen atoms in total. The molecule has 0 fully saturated rings. The van der Waals surface area contributed by atoms with Crippen LogP contribution in [0.2, 0.25) is 0 Å². The summed E-state index contributed by atoms with van der Waals surface area (Å²) in [6, 6.07) is 0. The van der Waals surface area contributed by atoms with Crippen LogP contribution in [0, 0.1) is 10.8 Å². The quantitative estimate of drug-likeness (QED) is 0.594. The van der Waals surface area contributed by atoms with Crippen LogP contribution in [0.3, 0.4) is 0 Å². The van der Waals surface area contributed by atoms with E-state index in [4.69, 9.17) is 0 Å². The monoisotopic (exact) mass is 209 g/mol. The maximum atomic E-state index is 4.26. The van der Waals surface area contributed by atoms with E-state index in [-0.39, 0.29) is 10.8 Å². The molecule has 0 spiro atoms. The number of aliphatic imine (C=N–C) groups is 1. The van der Waals surface area contributed by atoms with Crippen molar-refractivity contribution >= 4 is 5.71 Å². The molecule has 0 unspecified atom stereocenters. The first kappa shape index (κ1) is 14.4. The molecule has 0 heterocycles. The lowest BCUT2D eigenvalue weighted by atomic mass is 9.64. The average molecular weight is 209 g/mol. The topological polar surface area (TPSA) is 12.4 Å². The van der Waals surface area contributed by atoms with Gasteiger partial charge in [0.2, 0.25) is 0 Å². The van der Waals surface area contributed by atoms with Gasteiger partial charge in [-0.3, -0.25) is 4.99 Å². The molecule has 0 saturated heterocycles. The molecule has 0 radical (unpaired) electrons. The number of hydrogen-bond acceptors (Lipinski definition) is 1. The van der Waals surface area contributed by atoms with Gasteiger partial charge in [0.25, 0.3) is 0 Å². The van der Waals surface area contributed by atoms with Gasteiger partial charge in [-0.05, 0) is 37.2 Å². The highest BCUT2D eigenvalue weighted by atomic mass is 14.7. The summed E-state index contributed by atoms with van der Waals surface area (Å²) >= 11 is 0. The van der Waals surface area contributed by atoms with Crippen molar-refractivity contribution in [3.63, 3.8) is 0 Å². The Morgan fingerprint density at radius 1 is 0.867 bits per heavy atom. The predicted octanol–water partition coefficient (Wildman–Crippen LogP) is 4.49. The van der Waals surface area contributed by atoms with Crippen LogP contribution >= 0.6 is 0 Å². The van der Waals surface area contributed by atoms with Crippen molar-refractivity contribution in [3.05, 3.63) is 11.1 Å². The third-order valence-electron chi connectivity index (χ3n) is 4.25. The van der Waals surface area contributed by atoms with Gasteiger partial charge in [-0.15, -0.1) is 0 Å². The molecule has 0 N–H and O–H groups in total. The van der Waals surface area contributed by atoms with E-state index < -0.39 is 0 Å². The minimum Gasteiger partial charge on any atom is -0.293 e. The Labute approximate surface area is 95.7 Å². The SMILES string of the molecule is CN=C(C)/C(C)=C(/C)C(C)(C)C(C)(C)C. The van der Waals surface area contributed by atoms with Crippen molar-refractivity contribution < 1.29 is 0 Å². The second kappa shape index (κ2) is 4.51. The van der Waals surface area contributed by atoms with Crippen LogP contribution in [0.1, 0.15) is 55.4 Å². The Kier molecular flexibility index (Phi) is 4.33. The first-order valence-corrected chi connectivity index (χ1v) is 5.67. The minimum absolute atomic E-state index is 0.197. The zero-order valence-electron chi connectivity index (χ0n) is 11.9. The van der Waals surface area contributed by atoms with E-state index in [0.717, 1.165) is 5.71 Å². The lowest BCUT2D eigenvalue weighted by molar-refractivity contribution is 0.176. The highest BCUT2D eigenvalue weighted by Crippen LogP contribution is 2.44. The molecule has 0 aromatic rings. The van der Waals surface area contributed by atoms with E-state index in [9.17, 15) is 0 Å². The second-order valence-electron chi connectivity index (χ2n) is 5.93. The molecule has 0 bridgehead atoms. The van der Waals surface area contributed by atoms with Gasteiger partial charge in [-0.1, -0.05) is 40.2 Å². The maximum absolute atomic E-state index is 4.26. The van der Waals surface area contributed by atoms with Gasteiger partial charge in [0.05, 0.1) is 0 Å². The molecule has 0 rings (SSSR count). The fourth-order valence-electron chi connectivity index (χ4n) is 1.47. The molecular formula is C14H27N. The van der Waals surface area contributed by atoms with Gasteiger partial charge < -0.3 is 0 Å². The molecule has 88 valence electrons. The van der Waals surface area contributed by atoms with Crippen LogP contribution in [0.5, 0.6) is 0 Å². The number of allylic oxidation sites excluding steroid dienone is 2. The van der Waals surface area contributed by atoms with Crippen LogP contribution < -0.4 is 0 Å². The van der Waals surface area contributed by atoms with Gasteiger partial charge in [-0.2, -0.15) is 0 Å². The van der Waals surface area contributed by atoms with Gasteiger partial charge in [0, 0.05) is 12.8 Å². The van der Waals surface area contributed by atoms with Crippen molar-refractivity contribution in [2.75, 3.05) is 7.05 Å². The lowest BCUT2D eigenvalue weighted by Gasteiger charge is -2.41. The van der Waals surface area contributed by atoms with E-state index in [1.807, 2.05) is 7.05 Å². The van der Waals surface area contributed by atoms with Crippen molar-refractivity contribution in [2.24, 2.45) is 15.8 Å². The molecule has 1 heteroatoms. The standard InChI is InChI=1S/C14H27N/c1-10(12(3)15-9)11(2)14(7,8)13(4,5)6/h1-9H3/b11-10-,15-12?. The Morgan fingerprint density at radius 2 is 1.27 bits per heavy atom. The summed E-state index contributed by atoms with van der Waals surface area (Å²) in [5.41, 5.74) is 4.38. The molecule has 0 aliphatic heterocycles. The van der Waals surface area contributed by atoms with E-state index >= 15 is 0 Å². The highest BCUT2D eigenvalue weighted by Gasteiger charge is 2.35. The first-order valence-electron chi connectivity index (χ1n) is 5.67. The summed E-state index contributed by atoms with van der Waals surface area (Å²) in [6.45, 7) is 18.0. The Bertz CT molecular complexity index is 285. The van der Waals surface area contributed by atoms with Crippen LogP contribution in [-0.4, -0.2) is 12.8 Å². The normalized spacial score (nSPS) is 16.5. The molecule has 0 aromatic heterocycles. The van der Waals surface area contributed by atoms with Gasteiger partial charge in [-0.25, -0.2) is 0 Å². The van der Waals surface area contributed by atoms with Crippen molar-refractivity contribution in [1.29, 1.82) is 0 Å². The number of hydrogen-bond donors (Lipinski definition) is 0. The van der Waals surface area contributed by atoms with Crippen LogP contribution in [0.15, 0.2) is 16.1 Å². The highest BCUT2D eigenvalue weighted by molar-refractivity contribution is 5.98. The fraction of sp³-hybridized carbons (Fsp3) is 0.786. The van der Waals surface area contributed by atoms with Gasteiger partial charge in [0.1, 0.15) is 0 Å². The molecule has 15 heavy (non-hydrogen) atoms. The third kappa shape index (κ3) is 2.93.